The number of rotatable bonds is 1. The van der Waals surface area contributed by atoms with Gasteiger partial charge < -0.3 is 4.57 Å². The number of nitrogens with zero attached hydrogens (tertiary/aromatic N) is 5. The fourth-order valence-electron chi connectivity index (χ4n) is 1.48. The predicted molar refractivity (Wildman–Crippen MR) is 62.1 cm³/mol. The first-order valence-electron chi connectivity index (χ1n) is 5.17. The number of hydrogen-bond acceptors (Lipinski definition) is 3. The van der Waals surface area contributed by atoms with Crippen LogP contribution in [0.2, 0.25) is 0 Å². The molecule has 3 aromatic rings. The molecule has 0 aromatic carbocycles. The van der Waals surface area contributed by atoms with Crippen molar-refractivity contribution in [2.75, 3.05) is 0 Å². The Labute approximate surface area is 97.7 Å². The fourth-order valence-corrected chi connectivity index (χ4v) is 1.48. The van der Waals surface area contributed by atoms with Crippen LogP contribution in [0.1, 0.15) is 5.69 Å². The van der Waals surface area contributed by atoms with Gasteiger partial charge in [0.1, 0.15) is 5.69 Å². The fraction of sp³-hybridized carbons (Fsp3) is 0.0833. The lowest BCUT2D eigenvalue weighted by atomic mass is 10.4. The van der Waals surface area contributed by atoms with Crippen LogP contribution in [0.15, 0.2) is 43.2 Å². The summed E-state index contributed by atoms with van der Waals surface area (Å²) in [5, 5.41) is 4.31. The largest absolute Gasteiger partial charge is 0.326 e. The molecule has 0 aliphatic carbocycles. The molecule has 5 heteroatoms. The third-order valence-electron chi connectivity index (χ3n) is 2.29. The van der Waals surface area contributed by atoms with Crippen LogP contribution in [0.5, 0.6) is 0 Å². The Bertz CT molecular complexity index is 684. The van der Waals surface area contributed by atoms with Gasteiger partial charge in [-0.2, -0.15) is 5.10 Å². The van der Waals surface area contributed by atoms with Crippen molar-refractivity contribution in [1.29, 1.82) is 0 Å². The molecular formula is C12H9N5. The highest BCUT2D eigenvalue weighted by atomic mass is 15.2. The predicted octanol–water partition coefficient (Wildman–Crippen LogP) is 0.977. The molecular weight excluding hydrogens is 214 g/mol. The van der Waals surface area contributed by atoms with E-state index in [0.29, 0.717) is 6.54 Å². The van der Waals surface area contributed by atoms with Gasteiger partial charge in [0.25, 0.3) is 0 Å². The standard InChI is InChI=1S/C12H9N5/c1(7-16-8-5-13-10-16)2-11-3-4-12-14-6-9-17(12)15-11/h3-6,8-10H,7H2. The van der Waals surface area contributed by atoms with Gasteiger partial charge in [0.2, 0.25) is 0 Å². The van der Waals surface area contributed by atoms with Crippen LogP contribution in [0.3, 0.4) is 0 Å². The van der Waals surface area contributed by atoms with Gasteiger partial charge in [0.05, 0.1) is 12.9 Å². The molecule has 0 N–H and O–H groups in total. The average molecular weight is 223 g/mol. The first-order valence-corrected chi connectivity index (χ1v) is 5.17. The lowest BCUT2D eigenvalue weighted by molar-refractivity contribution is 0.839. The van der Waals surface area contributed by atoms with Crippen molar-refractivity contribution < 1.29 is 0 Å². The molecule has 0 atom stereocenters. The molecule has 0 bridgehead atoms. The average Bonchev–Trinajstić information content (AvgIpc) is 2.98. The van der Waals surface area contributed by atoms with E-state index in [1.165, 1.54) is 0 Å². The molecule has 0 fully saturated rings. The second-order valence-electron chi connectivity index (χ2n) is 3.49. The monoisotopic (exact) mass is 223 g/mol. The quantitative estimate of drug-likeness (QED) is 0.578. The van der Waals surface area contributed by atoms with Gasteiger partial charge in [-0.1, -0.05) is 5.92 Å². The van der Waals surface area contributed by atoms with Gasteiger partial charge in [-0.05, 0) is 18.1 Å². The summed E-state index contributed by atoms with van der Waals surface area (Å²) in [7, 11) is 0. The highest BCUT2D eigenvalue weighted by Crippen LogP contribution is 1.99. The Hall–Kier alpha value is -2.61. The minimum Gasteiger partial charge on any atom is -0.326 e. The Morgan fingerprint density at radius 3 is 3.06 bits per heavy atom. The van der Waals surface area contributed by atoms with Crippen molar-refractivity contribution >= 4 is 5.65 Å². The molecule has 5 nitrogen and oxygen atoms in total. The summed E-state index contributed by atoms with van der Waals surface area (Å²) in [4.78, 5) is 8.07. The van der Waals surface area contributed by atoms with E-state index in [2.05, 4.69) is 26.9 Å². The van der Waals surface area contributed by atoms with Crippen molar-refractivity contribution in [3.8, 4) is 11.8 Å². The van der Waals surface area contributed by atoms with Crippen LogP contribution >= 0.6 is 0 Å². The van der Waals surface area contributed by atoms with Crippen molar-refractivity contribution in [1.82, 2.24) is 24.1 Å². The number of imidazole rings is 2. The van der Waals surface area contributed by atoms with Crippen LogP contribution < -0.4 is 0 Å². The molecule has 82 valence electrons. The summed E-state index contributed by atoms with van der Waals surface area (Å²) in [5.41, 5.74) is 1.56. The van der Waals surface area contributed by atoms with Crippen LogP contribution in [0.25, 0.3) is 5.65 Å². The summed E-state index contributed by atoms with van der Waals surface area (Å²) in [6, 6.07) is 3.76. The zero-order chi connectivity index (χ0) is 11.5. The lowest BCUT2D eigenvalue weighted by Crippen LogP contribution is -1.94. The second-order valence-corrected chi connectivity index (χ2v) is 3.49. The van der Waals surface area contributed by atoms with E-state index in [1.54, 1.807) is 29.4 Å². The third-order valence-corrected chi connectivity index (χ3v) is 2.29. The molecule has 0 radical (unpaired) electrons. The summed E-state index contributed by atoms with van der Waals surface area (Å²) in [5.74, 6) is 6.04. The second kappa shape index (κ2) is 4.10. The van der Waals surface area contributed by atoms with Gasteiger partial charge >= 0.3 is 0 Å². The zero-order valence-corrected chi connectivity index (χ0v) is 8.98. The number of aromatic nitrogens is 5. The lowest BCUT2D eigenvalue weighted by Gasteiger charge is -1.93. The van der Waals surface area contributed by atoms with Gasteiger partial charge in [-0.3, -0.25) is 0 Å². The topological polar surface area (TPSA) is 48.0 Å². The van der Waals surface area contributed by atoms with Crippen molar-refractivity contribution in [3.05, 3.63) is 48.9 Å². The molecule has 0 saturated carbocycles. The molecule has 17 heavy (non-hydrogen) atoms. The zero-order valence-electron chi connectivity index (χ0n) is 8.98. The smallest absolute Gasteiger partial charge is 0.153 e. The van der Waals surface area contributed by atoms with Crippen molar-refractivity contribution in [2.24, 2.45) is 0 Å². The SMILES string of the molecule is C(#Cc1ccc2nccn2n1)Cn1ccnc1. The molecule has 0 amide bonds. The minimum atomic E-state index is 0.615. The minimum absolute atomic E-state index is 0.615. The maximum Gasteiger partial charge on any atom is 0.153 e. The van der Waals surface area contributed by atoms with Crippen LogP contribution in [-0.2, 0) is 6.54 Å². The van der Waals surface area contributed by atoms with E-state index in [1.807, 2.05) is 22.9 Å². The summed E-state index contributed by atoms with van der Waals surface area (Å²) >= 11 is 0. The van der Waals surface area contributed by atoms with E-state index in [4.69, 9.17) is 0 Å². The third kappa shape index (κ3) is 2.01. The van der Waals surface area contributed by atoms with Crippen LogP contribution in [0.4, 0.5) is 0 Å². The van der Waals surface area contributed by atoms with E-state index in [9.17, 15) is 0 Å². The molecule has 0 saturated heterocycles. The maximum atomic E-state index is 4.31. The molecule has 0 spiro atoms. The van der Waals surface area contributed by atoms with E-state index in [-0.39, 0.29) is 0 Å². The molecule has 0 unspecified atom stereocenters. The molecule has 3 rings (SSSR count). The van der Waals surface area contributed by atoms with Gasteiger partial charge in [-0.25, -0.2) is 14.5 Å². The first kappa shape index (κ1) is 9.60. The Morgan fingerprint density at radius 1 is 1.18 bits per heavy atom. The number of hydrogen-bond donors (Lipinski definition) is 0. The van der Waals surface area contributed by atoms with Crippen LogP contribution in [-0.4, -0.2) is 24.1 Å². The Morgan fingerprint density at radius 2 is 2.18 bits per heavy atom. The van der Waals surface area contributed by atoms with Gasteiger partial charge in [0.15, 0.2) is 5.65 Å². The van der Waals surface area contributed by atoms with Crippen molar-refractivity contribution in [2.45, 2.75) is 6.54 Å². The van der Waals surface area contributed by atoms with Crippen molar-refractivity contribution in [3.63, 3.8) is 0 Å². The molecule has 0 aliphatic rings. The highest BCUT2D eigenvalue weighted by Gasteiger charge is 1.94. The summed E-state index contributed by atoms with van der Waals surface area (Å²) in [6.45, 7) is 0.615. The first-order chi connectivity index (χ1) is 8.42. The summed E-state index contributed by atoms with van der Waals surface area (Å²) < 4.78 is 3.62. The molecule has 3 aromatic heterocycles. The van der Waals surface area contributed by atoms with E-state index < -0.39 is 0 Å². The van der Waals surface area contributed by atoms with E-state index >= 15 is 0 Å². The number of fused-ring (bicyclic) bond motifs is 1. The van der Waals surface area contributed by atoms with Gasteiger partial charge in [-0.15, -0.1) is 0 Å². The molecule has 3 heterocycles. The normalized spacial score (nSPS) is 10.1. The van der Waals surface area contributed by atoms with E-state index in [0.717, 1.165) is 11.3 Å². The maximum absolute atomic E-state index is 4.31. The van der Waals surface area contributed by atoms with Gasteiger partial charge in [0, 0.05) is 24.8 Å². The Kier molecular flexibility index (Phi) is 2.32. The Balaban J connectivity index is 1.82. The summed E-state index contributed by atoms with van der Waals surface area (Å²) in [6.07, 6.45) is 8.86. The molecule has 0 aliphatic heterocycles. The van der Waals surface area contributed by atoms with Crippen LogP contribution in [0, 0.1) is 11.8 Å². The highest BCUT2D eigenvalue weighted by molar-refractivity contribution is 5.39.